The molecule has 5 amide bonds. The van der Waals surface area contributed by atoms with Gasteiger partial charge in [0.1, 0.15) is 23.3 Å². The third-order valence-electron chi connectivity index (χ3n) is 11.2. The van der Waals surface area contributed by atoms with E-state index < -0.39 is 17.9 Å². The Bertz CT molecular complexity index is 2950. The number of hydrogen-bond donors (Lipinski definition) is 5. The predicted molar refractivity (Wildman–Crippen MR) is 248 cm³/mol. The molecule has 332 valence electrons. The van der Waals surface area contributed by atoms with Crippen molar-refractivity contribution in [2.45, 2.75) is 51.1 Å². The highest BCUT2D eigenvalue weighted by Gasteiger charge is 2.39. The Morgan fingerprint density at radius 1 is 0.879 bits per heavy atom. The molecule has 1 fully saturated rings. The van der Waals surface area contributed by atoms with Crippen LogP contribution in [0.1, 0.15) is 91.9 Å². The molecule has 2 aliphatic heterocycles. The molecule has 1 saturated heterocycles. The average molecular weight is 902 g/mol. The summed E-state index contributed by atoms with van der Waals surface area (Å²) < 4.78 is 6.60. The van der Waals surface area contributed by atoms with E-state index in [1.54, 1.807) is 103 Å². The summed E-state index contributed by atoms with van der Waals surface area (Å²) in [4.78, 5) is 78.4. The zero-order valence-corrected chi connectivity index (χ0v) is 36.3. The molecule has 66 heavy (non-hydrogen) atoms. The van der Waals surface area contributed by atoms with E-state index in [2.05, 4.69) is 33.0 Å². The molecule has 1 unspecified atom stereocenters. The van der Waals surface area contributed by atoms with Gasteiger partial charge in [0.25, 0.3) is 11.8 Å². The summed E-state index contributed by atoms with van der Waals surface area (Å²) >= 11 is 1.37. The molecular formula is C51H43N5O9S. The van der Waals surface area contributed by atoms with Crippen molar-refractivity contribution in [3.63, 3.8) is 0 Å². The Kier molecular flexibility index (Phi) is 13.6. The number of thiophene rings is 1. The zero-order valence-electron chi connectivity index (χ0n) is 35.5. The van der Waals surface area contributed by atoms with Gasteiger partial charge in [-0.15, -0.1) is 11.3 Å². The number of phenolic OH excluding ortho intramolecular Hbond substituents is 2. The van der Waals surface area contributed by atoms with Crippen molar-refractivity contribution >= 4 is 63.0 Å². The van der Waals surface area contributed by atoms with Gasteiger partial charge in [0.05, 0.1) is 19.4 Å². The van der Waals surface area contributed by atoms with E-state index in [-0.39, 0.29) is 60.9 Å². The number of hydrazone groups is 1. The number of phenols is 2. The first-order chi connectivity index (χ1) is 32.0. The van der Waals surface area contributed by atoms with E-state index in [1.165, 1.54) is 28.5 Å². The molecule has 5 aromatic carbocycles. The Morgan fingerprint density at radius 3 is 2.41 bits per heavy atom. The maximum absolute atomic E-state index is 13.9. The number of hydrogen-bond acceptors (Lipinski definition) is 11. The molecule has 0 aliphatic carbocycles. The highest BCUT2D eigenvalue weighted by atomic mass is 32.1. The number of imide groups is 1. The highest BCUT2D eigenvalue weighted by molar-refractivity contribution is 7.22. The molecule has 5 N–H and O–H groups in total. The number of nitrogens with zero attached hydrogens (tertiary/aromatic N) is 2. The molecule has 1 aromatic heterocycles. The first-order valence-corrected chi connectivity index (χ1v) is 22.1. The van der Waals surface area contributed by atoms with Gasteiger partial charge < -0.3 is 25.2 Å². The standard InChI is InChI=1S/C51H43N5O9S/c57-36-18-16-34(17-19-36)48-46(40-23-20-37(58)28-43(40)66-48)47(61)33-12-14-35(15-13-33)49(62)55-53-29-31-10-21-38(22-11-31)65-27-3-1-2-9-44(59)52-26-5-7-32-6-4-8-39-41(32)30-56(51(39)64)42-24-25-45(60)54-50(42)63/h4,6,8,10-23,28-29,42,57-58H,1-3,9,24-27,30H2,(H,52,59)(H,55,62)(H,54,60,63). The maximum atomic E-state index is 13.9. The van der Waals surface area contributed by atoms with Crippen LogP contribution in [-0.4, -0.2) is 75.8 Å². The molecule has 0 radical (unpaired) electrons. The fourth-order valence-electron chi connectivity index (χ4n) is 7.75. The summed E-state index contributed by atoms with van der Waals surface area (Å²) in [6, 6.07) is 29.5. The minimum atomic E-state index is -0.701. The van der Waals surface area contributed by atoms with Crippen molar-refractivity contribution in [1.82, 2.24) is 21.0 Å². The summed E-state index contributed by atoms with van der Waals surface area (Å²) in [6.45, 7) is 0.848. The largest absolute Gasteiger partial charge is 0.508 e. The molecular weight excluding hydrogens is 859 g/mol. The SMILES string of the molecule is O=C(CCCCCOc1ccc(C=NNC(=O)c2ccc(C(=O)c3c(-c4ccc(O)cc4)sc4cc(O)ccc34)cc2)cc1)NCC#Cc1cccc2c1CN(C1CCC(=O)NC1=O)C2=O. The second kappa shape index (κ2) is 20.2. The van der Waals surface area contributed by atoms with Crippen molar-refractivity contribution < 1.29 is 43.7 Å². The molecule has 8 rings (SSSR count). The fourth-order valence-corrected chi connectivity index (χ4v) is 8.99. The first kappa shape index (κ1) is 44.5. The van der Waals surface area contributed by atoms with Crippen molar-refractivity contribution in [3.05, 3.63) is 148 Å². The van der Waals surface area contributed by atoms with Crippen molar-refractivity contribution in [2.75, 3.05) is 13.2 Å². The molecule has 0 bridgehead atoms. The van der Waals surface area contributed by atoms with E-state index in [0.29, 0.717) is 63.3 Å². The van der Waals surface area contributed by atoms with Crippen molar-refractivity contribution in [2.24, 2.45) is 5.10 Å². The van der Waals surface area contributed by atoms with Crippen LogP contribution in [0.4, 0.5) is 0 Å². The number of carbonyl (C=O) groups excluding carboxylic acids is 6. The normalized spacial score (nSPS) is 14.4. The Balaban J connectivity index is 0.734. The molecule has 14 nitrogen and oxygen atoms in total. The minimum absolute atomic E-state index is 0.0891. The Hall–Kier alpha value is -8.09. The molecule has 6 aromatic rings. The van der Waals surface area contributed by atoms with Crippen molar-refractivity contribution in [3.8, 4) is 39.5 Å². The van der Waals surface area contributed by atoms with Crippen LogP contribution in [0.3, 0.4) is 0 Å². The summed E-state index contributed by atoms with van der Waals surface area (Å²) in [5, 5.41) is 29.8. The van der Waals surface area contributed by atoms with Crippen LogP contribution in [0.2, 0.25) is 0 Å². The number of amides is 5. The number of nitrogens with one attached hydrogen (secondary N) is 3. The lowest BCUT2D eigenvalue weighted by atomic mass is 9.97. The van der Waals surface area contributed by atoms with E-state index in [9.17, 15) is 39.0 Å². The van der Waals surface area contributed by atoms with Crippen LogP contribution < -0.4 is 20.8 Å². The van der Waals surface area contributed by atoms with Gasteiger partial charge in [-0.2, -0.15) is 5.10 Å². The van der Waals surface area contributed by atoms with Gasteiger partial charge in [0.2, 0.25) is 17.7 Å². The van der Waals surface area contributed by atoms with Crippen LogP contribution >= 0.6 is 11.3 Å². The second-order valence-electron chi connectivity index (χ2n) is 15.7. The topological polar surface area (TPSA) is 204 Å². The quantitative estimate of drug-likeness (QED) is 0.0183. The molecule has 3 heterocycles. The Morgan fingerprint density at radius 2 is 1.64 bits per heavy atom. The smallest absolute Gasteiger partial charge is 0.271 e. The second-order valence-corrected chi connectivity index (χ2v) is 16.7. The number of rotatable bonds is 15. The molecule has 2 aliphatic rings. The van der Waals surface area contributed by atoms with E-state index in [1.807, 2.05) is 0 Å². The number of ketones is 1. The Labute approximate surface area is 383 Å². The number of unbranched alkanes of at least 4 members (excludes halogenated alkanes) is 2. The lowest BCUT2D eigenvalue weighted by molar-refractivity contribution is -0.137. The summed E-state index contributed by atoms with van der Waals surface area (Å²) in [5.74, 6) is 4.99. The number of aromatic hydroxyl groups is 2. The maximum Gasteiger partial charge on any atom is 0.271 e. The minimum Gasteiger partial charge on any atom is -0.508 e. The molecule has 0 saturated carbocycles. The van der Waals surface area contributed by atoms with Crippen LogP contribution in [0.5, 0.6) is 17.2 Å². The van der Waals surface area contributed by atoms with Gasteiger partial charge in [-0.3, -0.25) is 34.1 Å². The lowest BCUT2D eigenvalue weighted by Crippen LogP contribution is -2.52. The third-order valence-corrected chi connectivity index (χ3v) is 12.4. The van der Waals surface area contributed by atoms with Crippen molar-refractivity contribution in [1.29, 1.82) is 0 Å². The van der Waals surface area contributed by atoms with E-state index in [0.717, 1.165) is 34.2 Å². The van der Waals surface area contributed by atoms with Crippen LogP contribution in [0, 0.1) is 11.8 Å². The summed E-state index contributed by atoms with van der Waals surface area (Å²) in [5.41, 5.74) is 7.03. The zero-order chi connectivity index (χ0) is 46.2. The van der Waals surface area contributed by atoms with Gasteiger partial charge >= 0.3 is 0 Å². The van der Waals surface area contributed by atoms with Gasteiger partial charge in [-0.05, 0) is 133 Å². The highest BCUT2D eigenvalue weighted by Crippen LogP contribution is 2.41. The number of fused-ring (bicyclic) bond motifs is 2. The van der Waals surface area contributed by atoms with Gasteiger partial charge in [-0.25, -0.2) is 5.43 Å². The summed E-state index contributed by atoms with van der Waals surface area (Å²) in [6.07, 6.45) is 4.54. The third kappa shape index (κ3) is 10.3. The van der Waals surface area contributed by atoms with Gasteiger partial charge in [0, 0.05) is 62.2 Å². The number of ether oxygens (including phenoxy) is 1. The van der Waals surface area contributed by atoms with Crippen LogP contribution in [0.25, 0.3) is 20.5 Å². The van der Waals surface area contributed by atoms with E-state index in [4.69, 9.17) is 4.74 Å². The monoisotopic (exact) mass is 901 g/mol. The van der Waals surface area contributed by atoms with E-state index >= 15 is 0 Å². The predicted octanol–water partition coefficient (Wildman–Crippen LogP) is 6.84. The van der Waals surface area contributed by atoms with Crippen LogP contribution in [0.15, 0.2) is 114 Å². The number of benzene rings is 5. The average Bonchev–Trinajstić information content (AvgIpc) is 3.86. The fraction of sp³-hybridized carbons (Fsp3) is 0.196. The lowest BCUT2D eigenvalue weighted by Gasteiger charge is -2.29. The molecule has 1 atom stereocenters. The number of carbonyl (C=O) groups is 6. The van der Waals surface area contributed by atoms with Gasteiger partial charge in [-0.1, -0.05) is 30.0 Å². The summed E-state index contributed by atoms with van der Waals surface area (Å²) in [7, 11) is 0. The first-order valence-electron chi connectivity index (χ1n) is 21.3. The molecule has 15 heteroatoms. The number of piperidine rings is 1. The van der Waals surface area contributed by atoms with Crippen LogP contribution in [-0.2, 0) is 20.9 Å². The molecule has 0 spiro atoms. The van der Waals surface area contributed by atoms with Gasteiger partial charge in [0.15, 0.2) is 5.78 Å².